The summed E-state index contributed by atoms with van der Waals surface area (Å²) in [6.45, 7) is 1.92. The highest BCUT2D eigenvalue weighted by Crippen LogP contribution is 2.41. The molecule has 9 heteroatoms. The molecule has 184 valence electrons. The van der Waals surface area contributed by atoms with Gasteiger partial charge in [0.15, 0.2) is 11.2 Å². The number of aryl methyl sites for hydroxylation is 1. The fourth-order valence-corrected chi connectivity index (χ4v) is 4.70. The van der Waals surface area contributed by atoms with Crippen LogP contribution in [-0.2, 0) is 6.61 Å². The van der Waals surface area contributed by atoms with Crippen LogP contribution in [0.2, 0.25) is 5.02 Å². The van der Waals surface area contributed by atoms with Gasteiger partial charge in [0, 0.05) is 16.7 Å². The summed E-state index contributed by atoms with van der Waals surface area (Å²) in [6.07, 6.45) is 0. The minimum absolute atomic E-state index is 0.0425. The van der Waals surface area contributed by atoms with Crippen molar-refractivity contribution in [1.29, 1.82) is 0 Å². The van der Waals surface area contributed by atoms with Crippen molar-refractivity contribution >= 4 is 34.3 Å². The molecule has 0 saturated heterocycles. The van der Waals surface area contributed by atoms with Crippen molar-refractivity contribution in [3.05, 3.63) is 122 Å². The van der Waals surface area contributed by atoms with Crippen LogP contribution in [0.5, 0.6) is 5.75 Å². The number of aromatic nitrogens is 1. The maximum atomic E-state index is 14.0. The molecule has 1 amide bonds. The van der Waals surface area contributed by atoms with Crippen molar-refractivity contribution in [1.82, 2.24) is 5.16 Å². The number of rotatable bonds is 5. The average molecular weight is 517 g/mol. The average Bonchev–Trinajstić information content (AvgIpc) is 3.45. The van der Waals surface area contributed by atoms with Crippen molar-refractivity contribution in [3.8, 4) is 5.75 Å². The van der Waals surface area contributed by atoms with E-state index in [4.69, 9.17) is 25.3 Å². The van der Waals surface area contributed by atoms with E-state index in [0.29, 0.717) is 22.1 Å². The summed E-state index contributed by atoms with van der Waals surface area (Å²) in [4.78, 5) is 28.5. The second-order valence-corrected chi connectivity index (χ2v) is 9.05. The molecule has 0 aliphatic carbocycles. The van der Waals surface area contributed by atoms with Gasteiger partial charge < -0.3 is 13.7 Å². The van der Waals surface area contributed by atoms with Crippen LogP contribution in [0.25, 0.3) is 11.0 Å². The van der Waals surface area contributed by atoms with Crippen molar-refractivity contribution in [3.63, 3.8) is 0 Å². The Bertz CT molecular complexity index is 1740. The molecule has 0 spiro atoms. The van der Waals surface area contributed by atoms with Gasteiger partial charge in [0.1, 0.15) is 29.5 Å². The quantitative estimate of drug-likeness (QED) is 0.276. The predicted octanol–water partition coefficient (Wildman–Crippen LogP) is 6.21. The Morgan fingerprint density at radius 1 is 1.05 bits per heavy atom. The molecule has 0 unspecified atom stereocenters. The fourth-order valence-electron chi connectivity index (χ4n) is 4.51. The summed E-state index contributed by atoms with van der Waals surface area (Å²) in [5.41, 5.74) is 1.09. The lowest BCUT2D eigenvalue weighted by Crippen LogP contribution is -2.29. The van der Waals surface area contributed by atoms with Crippen LogP contribution in [0.3, 0.4) is 0 Å². The van der Waals surface area contributed by atoms with Gasteiger partial charge in [-0.2, -0.15) is 0 Å². The molecule has 5 aromatic rings. The summed E-state index contributed by atoms with van der Waals surface area (Å²) in [6, 6.07) is 18.7. The van der Waals surface area contributed by atoms with Gasteiger partial charge in [-0.15, -0.1) is 0 Å². The number of ether oxygens (including phenoxy) is 1. The Morgan fingerprint density at radius 3 is 2.68 bits per heavy atom. The number of anilines is 1. The van der Waals surface area contributed by atoms with Crippen LogP contribution in [0.4, 0.5) is 10.2 Å². The molecule has 6 rings (SSSR count). The molecule has 7 nitrogen and oxygen atoms in total. The first-order chi connectivity index (χ1) is 17.9. The fraction of sp³-hybridized carbons (Fsp3) is 0.107. The van der Waals surface area contributed by atoms with Crippen LogP contribution in [-0.4, -0.2) is 11.1 Å². The first-order valence-electron chi connectivity index (χ1n) is 11.4. The lowest BCUT2D eigenvalue weighted by Gasteiger charge is -2.23. The summed E-state index contributed by atoms with van der Waals surface area (Å²) in [7, 11) is 0. The van der Waals surface area contributed by atoms with Gasteiger partial charge in [-0.25, -0.2) is 4.39 Å². The molecule has 3 aromatic carbocycles. The van der Waals surface area contributed by atoms with E-state index in [1.807, 2.05) is 18.2 Å². The lowest BCUT2D eigenvalue weighted by molar-refractivity contribution is 0.0969. The second kappa shape index (κ2) is 8.90. The number of hydrogen-bond donors (Lipinski definition) is 0. The second-order valence-electron chi connectivity index (χ2n) is 8.64. The minimum atomic E-state index is -0.903. The van der Waals surface area contributed by atoms with Crippen molar-refractivity contribution in [2.45, 2.75) is 19.6 Å². The summed E-state index contributed by atoms with van der Waals surface area (Å²) >= 11 is 6.25. The topological polar surface area (TPSA) is 85.8 Å². The molecule has 37 heavy (non-hydrogen) atoms. The maximum Gasteiger partial charge on any atom is 0.296 e. The van der Waals surface area contributed by atoms with Crippen LogP contribution < -0.4 is 15.1 Å². The summed E-state index contributed by atoms with van der Waals surface area (Å²) in [5, 5.41) is 4.63. The predicted molar refractivity (Wildman–Crippen MR) is 135 cm³/mol. The minimum Gasteiger partial charge on any atom is -0.489 e. The van der Waals surface area contributed by atoms with Gasteiger partial charge in [0.25, 0.3) is 5.91 Å². The molecule has 0 bridgehead atoms. The normalized spacial score (nSPS) is 14.8. The Morgan fingerprint density at radius 2 is 1.89 bits per heavy atom. The van der Waals surface area contributed by atoms with E-state index >= 15 is 0 Å². The molecule has 0 N–H and O–H groups in total. The van der Waals surface area contributed by atoms with E-state index in [1.54, 1.807) is 43.3 Å². The number of carbonyl (C=O) groups excluding carboxylic acids is 1. The van der Waals surface area contributed by atoms with Gasteiger partial charge in [-0.05, 0) is 48.9 Å². The number of amides is 1. The van der Waals surface area contributed by atoms with Gasteiger partial charge in [-0.3, -0.25) is 14.5 Å². The Kier molecular flexibility index (Phi) is 5.53. The monoisotopic (exact) mass is 516 g/mol. The van der Waals surface area contributed by atoms with Crippen molar-refractivity contribution < 1.29 is 22.9 Å². The van der Waals surface area contributed by atoms with Gasteiger partial charge >= 0.3 is 0 Å². The Balaban J connectivity index is 1.48. The number of fused-ring (bicyclic) bond motifs is 2. The third-order valence-electron chi connectivity index (χ3n) is 6.22. The number of benzene rings is 3. The smallest absolute Gasteiger partial charge is 0.296 e. The molecule has 0 radical (unpaired) electrons. The summed E-state index contributed by atoms with van der Waals surface area (Å²) < 4.78 is 31.0. The van der Waals surface area contributed by atoms with E-state index in [2.05, 4.69) is 5.16 Å². The van der Waals surface area contributed by atoms with Crippen molar-refractivity contribution in [2.75, 3.05) is 4.90 Å². The highest BCUT2D eigenvalue weighted by molar-refractivity contribution is 6.31. The number of hydrogen-bond acceptors (Lipinski definition) is 6. The molecule has 0 saturated carbocycles. The molecule has 1 atom stereocenters. The third-order valence-corrected chi connectivity index (χ3v) is 6.59. The zero-order chi connectivity index (χ0) is 25.7. The van der Waals surface area contributed by atoms with E-state index in [1.165, 1.54) is 17.0 Å². The van der Waals surface area contributed by atoms with Crippen LogP contribution >= 0.6 is 11.6 Å². The van der Waals surface area contributed by atoms with E-state index in [9.17, 15) is 14.0 Å². The standard InChI is InChI=1S/C28H18ClFN2O5/c1-15-11-23(31-37-15)32-25(16-6-4-7-19(12-16)35-14-17-5-2-3-8-21(17)29)24-26(33)20-13-18(30)9-10-22(20)36-27(24)28(32)34/h2-13,25H,14H2,1H3/t25-/m1/s1. The van der Waals surface area contributed by atoms with Crippen LogP contribution in [0.15, 0.2) is 86.5 Å². The first kappa shape index (κ1) is 23.0. The maximum absolute atomic E-state index is 14.0. The third kappa shape index (κ3) is 3.95. The summed E-state index contributed by atoms with van der Waals surface area (Å²) in [5.74, 6) is -0.0571. The zero-order valence-electron chi connectivity index (χ0n) is 19.4. The highest BCUT2D eigenvalue weighted by Gasteiger charge is 2.45. The largest absolute Gasteiger partial charge is 0.489 e. The van der Waals surface area contributed by atoms with Gasteiger partial charge in [-0.1, -0.05) is 47.1 Å². The molecular weight excluding hydrogens is 499 g/mol. The van der Waals surface area contributed by atoms with Crippen molar-refractivity contribution in [2.24, 2.45) is 0 Å². The Hall–Kier alpha value is -4.43. The van der Waals surface area contributed by atoms with Crippen LogP contribution in [0.1, 0.15) is 39.0 Å². The lowest BCUT2D eigenvalue weighted by atomic mass is 9.98. The first-order valence-corrected chi connectivity index (χ1v) is 11.8. The SMILES string of the molecule is Cc1cc(N2C(=O)c3oc4ccc(F)cc4c(=O)c3[C@H]2c2cccc(OCc3ccccc3Cl)c2)no1. The molecule has 1 aliphatic heterocycles. The van der Waals surface area contributed by atoms with E-state index in [-0.39, 0.29) is 34.7 Å². The Labute approximate surface area is 214 Å². The molecule has 0 fully saturated rings. The van der Waals surface area contributed by atoms with Gasteiger partial charge in [0.05, 0.1) is 17.0 Å². The van der Waals surface area contributed by atoms with E-state index < -0.39 is 23.2 Å². The van der Waals surface area contributed by atoms with Crippen LogP contribution in [0, 0.1) is 12.7 Å². The molecule has 3 heterocycles. The number of nitrogens with zero attached hydrogens (tertiary/aromatic N) is 2. The van der Waals surface area contributed by atoms with Gasteiger partial charge in [0.2, 0.25) is 5.76 Å². The molecule has 2 aromatic heterocycles. The molecule has 1 aliphatic rings. The zero-order valence-corrected chi connectivity index (χ0v) is 20.2. The van der Waals surface area contributed by atoms with E-state index in [0.717, 1.165) is 11.6 Å². The molecular formula is C28H18ClFN2O5. The number of carbonyl (C=O) groups is 1. The number of halogens is 2. The highest BCUT2D eigenvalue weighted by atomic mass is 35.5.